The molecule has 0 spiro atoms. The van der Waals surface area contributed by atoms with E-state index in [2.05, 4.69) is 18.4 Å². The highest BCUT2D eigenvalue weighted by Crippen LogP contribution is 2.15. The van der Waals surface area contributed by atoms with Crippen molar-refractivity contribution in [1.82, 2.24) is 4.90 Å². The van der Waals surface area contributed by atoms with Gasteiger partial charge < -0.3 is 0 Å². The fourth-order valence-corrected chi connectivity index (χ4v) is 1.42. The molecule has 1 atom stereocenters. The number of likely N-dealkylation sites (tertiary alicyclic amines) is 1. The Bertz CT molecular complexity index is 128. The lowest BCUT2D eigenvalue weighted by Crippen LogP contribution is -2.39. The van der Waals surface area contributed by atoms with E-state index in [-0.39, 0.29) is 0 Å². The molecule has 0 aliphatic carbocycles. The molecule has 0 aromatic rings. The summed E-state index contributed by atoms with van der Waals surface area (Å²) in [5.74, 6) is 0. The summed E-state index contributed by atoms with van der Waals surface area (Å²) in [5, 5.41) is 0. The van der Waals surface area contributed by atoms with Crippen LogP contribution in [0.5, 0.6) is 0 Å². The maximum atomic E-state index is 12.7. The molecule has 0 unspecified atom stereocenters. The van der Waals surface area contributed by atoms with Crippen LogP contribution in [0.1, 0.15) is 19.8 Å². The predicted octanol–water partition coefficient (Wildman–Crippen LogP) is 1.99. The summed E-state index contributed by atoms with van der Waals surface area (Å²) >= 11 is 0. The molecule has 0 N–H and O–H groups in total. The minimum atomic E-state index is -0.566. The maximum absolute atomic E-state index is 12.7. The van der Waals surface area contributed by atoms with Crippen LogP contribution >= 0.6 is 0 Å². The molecule has 0 aromatic carbocycles. The van der Waals surface area contributed by atoms with Crippen LogP contribution in [0.3, 0.4) is 0 Å². The van der Waals surface area contributed by atoms with Crippen molar-refractivity contribution in [3.63, 3.8) is 0 Å². The first-order chi connectivity index (χ1) is 5.24. The zero-order chi connectivity index (χ0) is 8.27. The van der Waals surface area contributed by atoms with Crippen LogP contribution in [0.15, 0.2) is 12.7 Å². The second-order valence-corrected chi connectivity index (χ2v) is 3.19. The Morgan fingerprint density at radius 3 is 2.55 bits per heavy atom. The van der Waals surface area contributed by atoms with E-state index in [1.54, 1.807) is 0 Å². The molecule has 1 heterocycles. The SMILES string of the molecule is C=C[C@H](C)N1CCC(F)CC1. The van der Waals surface area contributed by atoms with Crippen molar-refractivity contribution in [2.24, 2.45) is 0 Å². The summed E-state index contributed by atoms with van der Waals surface area (Å²) in [7, 11) is 0. The van der Waals surface area contributed by atoms with E-state index in [0.29, 0.717) is 18.9 Å². The Hall–Kier alpha value is -0.370. The van der Waals surface area contributed by atoms with Gasteiger partial charge in [0.1, 0.15) is 6.17 Å². The monoisotopic (exact) mass is 157 g/mol. The molecular formula is C9H16FN. The average molecular weight is 157 g/mol. The van der Waals surface area contributed by atoms with Gasteiger partial charge >= 0.3 is 0 Å². The first-order valence-corrected chi connectivity index (χ1v) is 4.24. The summed E-state index contributed by atoms with van der Waals surface area (Å²) in [6.07, 6.45) is 2.73. The molecule has 1 rings (SSSR count). The first kappa shape index (κ1) is 8.72. The quantitative estimate of drug-likeness (QED) is 0.554. The van der Waals surface area contributed by atoms with Gasteiger partial charge in [-0.05, 0) is 19.8 Å². The van der Waals surface area contributed by atoms with Crippen molar-refractivity contribution in [2.45, 2.75) is 32.0 Å². The maximum Gasteiger partial charge on any atom is 0.103 e. The van der Waals surface area contributed by atoms with Crippen molar-refractivity contribution in [1.29, 1.82) is 0 Å². The van der Waals surface area contributed by atoms with Crippen molar-refractivity contribution < 1.29 is 4.39 Å². The molecule has 1 nitrogen and oxygen atoms in total. The molecule has 0 radical (unpaired) electrons. The van der Waals surface area contributed by atoms with Crippen LogP contribution in [0.2, 0.25) is 0 Å². The standard InChI is InChI=1S/C9H16FN/c1-3-8(2)11-6-4-9(10)5-7-11/h3,8-9H,1,4-7H2,2H3/t8-/m0/s1. The lowest BCUT2D eigenvalue weighted by Gasteiger charge is -2.31. The number of nitrogens with zero attached hydrogens (tertiary/aromatic N) is 1. The highest BCUT2D eigenvalue weighted by Gasteiger charge is 2.20. The number of hydrogen-bond acceptors (Lipinski definition) is 1. The highest BCUT2D eigenvalue weighted by molar-refractivity contribution is 4.86. The first-order valence-electron chi connectivity index (χ1n) is 4.24. The Balaban J connectivity index is 2.32. The molecule has 0 bridgehead atoms. The number of piperidine rings is 1. The van der Waals surface area contributed by atoms with Gasteiger partial charge in [0.2, 0.25) is 0 Å². The normalized spacial score (nSPS) is 24.9. The van der Waals surface area contributed by atoms with E-state index in [4.69, 9.17) is 0 Å². The minimum absolute atomic E-state index is 0.405. The minimum Gasteiger partial charge on any atom is -0.297 e. The molecule has 2 heteroatoms. The second kappa shape index (κ2) is 3.86. The third kappa shape index (κ3) is 2.29. The van der Waals surface area contributed by atoms with Crippen LogP contribution in [0.25, 0.3) is 0 Å². The van der Waals surface area contributed by atoms with Gasteiger partial charge in [-0.25, -0.2) is 4.39 Å². The van der Waals surface area contributed by atoms with Gasteiger partial charge in [-0.15, -0.1) is 6.58 Å². The third-order valence-electron chi connectivity index (χ3n) is 2.38. The fourth-order valence-electron chi connectivity index (χ4n) is 1.42. The molecule has 11 heavy (non-hydrogen) atoms. The van der Waals surface area contributed by atoms with Crippen molar-refractivity contribution in [3.05, 3.63) is 12.7 Å². The van der Waals surface area contributed by atoms with Crippen molar-refractivity contribution >= 4 is 0 Å². The van der Waals surface area contributed by atoms with Crippen LogP contribution in [-0.2, 0) is 0 Å². The Morgan fingerprint density at radius 1 is 1.55 bits per heavy atom. The summed E-state index contributed by atoms with van der Waals surface area (Å²) in [4.78, 5) is 2.27. The molecule has 0 saturated carbocycles. The predicted molar refractivity (Wildman–Crippen MR) is 45.4 cm³/mol. The van der Waals surface area contributed by atoms with Crippen molar-refractivity contribution in [2.75, 3.05) is 13.1 Å². The topological polar surface area (TPSA) is 3.24 Å². The van der Waals surface area contributed by atoms with E-state index < -0.39 is 6.17 Å². The van der Waals surface area contributed by atoms with Crippen LogP contribution in [0.4, 0.5) is 4.39 Å². The summed E-state index contributed by atoms with van der Waals surface area (Å²) < 4.78 is 12.7. The van der Waals surface area contributed by atoms with Gasteiger partial charge in [0.05, 0.1) is 0 Å². The molecule has 1 saturated heterocycles. The number of hydrogen-bond donors (Lipinski definition) is 0. The zero-order valence-corrected chi connectivity index (χ0v) is 7.09. The van der Waals surface area contributed by atoms with Gasteiger partial charge in [0.15, 0.2) is 0 Å². The number of halogens is 1. The lowest BCUT2D eigenvalue weighted by atomic mass is 10.1. The van der Waals surface area contributed by atoms with Crippen molar-refractivity contribution in [3.8, 4) is 0 Å². The highest BCUT2D eigenvalue weighted by atomic mass is 19.1. The lowest BCUT2D eigenvalue weighted by molar-refractivity contribution is 0.134. The molecule has 0 amide bonds. The summed E-state index contributed by atoms with van der Waals surface area (Å²) in [6.45, 7) is 7.59. The molecule has 1 fully saturated rings. The van der Waals surface area contributed by atoms with Gasteiger partial charge in [-0.1, -0.05) is 6.08 Å². The number of rotatable bonds is 2. The van der Waals surface area contributed by atoms with E-state index in [1.165, 1.54) is 0 Å². The van der Waals surface area contributed by atoms with Crippen LogP contribution in [0, 0.1) is 0 Å². The Kier molecular flexibility index (Phi) is 3.06. The van der Waals surface area contributed by atoms with Gasteiger partial charge in [0, 0.05) is 19.1 Å². The number of alkyl halides is 1. The third-order valence-corrected chi connectivity index (χ3v) is 2.38. The zero-order valence-electron chi connectivity index (χ0n) is 7.09. The Morgan fingerprint density at radius 2 is 2.09 bits per heavy atom. The van der Waals surface area contributed by atoms with Crippen LogP contribution in [-0.4, -0.2) is 30.2 Å². The molecule has 64 valence electrons. The van der Waals surface area contributed by atoms with E-state index >= 15 is 0 Å². The summed E-state index contributed by atoms with van der Waals surface area (Å²) in [5.41, 5.74) is 0. The second-order valence-electron chi connectivity index (χ2n) is 3.19. The molecule has 1 aliphatic heterocycles. The molecular weight excluding hydrogens is 141 g/mol. The van der Waals surface area contributed by atoms with Gasteiger partial charge in [-0.2, -0.15) is 0 Å². The van der Waals surface area contributed by atoms with Crippen LogP contribution < -0.4 is 0 Å². The smallest absolute Gasteiger partial charge is 0.103 e. The van der Waals surface area contributed by atoms with E-state index in [9.17, 15) is 4.39 Å². The molecule has 0 aromatic heterocycles. The largest absolute Gasteiger partial charge is 0.297 e. The van der Waals surface area contributed by atoms with Gasteiger partial charge in [0.25, 0.3) is 0 Å². The van der Waals surface area contributed by atoms with Gasteiger partial charge in [-0.3, -0.25) is 4.90 Å². The average Bonchev–Trinajstić information content (AvgIpc) is 2.05. The summed E-state index contributed by atoms with van der Waals surface area (Å²) in [6, 6.07) is 0.405. The Labute approximate surface area is 67.9 Å². The van der Waals surface area contributed by atoms with E-state index in [1.807, 2.05) is 6.08 Å². The van der Waals surface area contributed by atoms with E-state index in [0.717, 1.165) is 13.1 Å². The fraction of sp³-hybridized carbons (Fsp3) is 0.778. The molecule has 1 aliphatic rings.